The van der Waals surface area contributed by atoms with Crippen LogP contribution in [0.1, 0.15) is 6.42 Å². The van der Waals surface area contributed by atoms with Gasteiger partial charge in [0.05, 0.1) is 5.88 Å². The van der Waals surface area contributed by atoms with Crippen LogP contribution in [0.4, 0.5) is 0 Å². The SMILES string of the molecule is C1CSN(N2CCSC2)C1. The Kier molecular flexibility index (Phi) is 2.43. The zero-order valence-electron chi connectivity index (χ0n) is 5.95. The molecule has 0 radical (unpaired) electrons. The Bertz CT molecular complexity index is 94.3. The van der Waals surface area contributed by atoms with Crippen LogP contribution in [0.25, 0.3) is 0 Å². The van der Waals surface area contributed by atoms with Crippen molar-refractivity contribution in [2.24, 2.45) is 0 Å². The average molecular weight is 176 g/mol. The van der Waals surface area contributed by atoms with E-state index in [1.807, 2.05) is 23.7 Å². The lowest BCUT2D eigenvalue weighted by Crippen LogP contribution is -2.33. The molecule has 0 atom stereocenters. The quantitative estimate of drug-likeness (QED) is 0.555. The molecule has 0 aromatic heterocycles. The Labute approximate surface area is 70.4 Å². The van der Waals surface area contributed by atoms with Crippen LogP contribution in [-0.2, 0) is 0 Å². The minimum Gasteiger partial charge on any atom is -0.221 e. The third-order valence-electron chi connectivity index (χ3n) is 1.78. The molecule has 2 nitrogen and oxygen atoms in total. The van der Waals surface area contributed by atoms with E-state index in [0.717, 1.165) is 0 Å². The van der Waals surface area contributed by atoms with Gasteiger partial charge >= 0.3 is 0 Å². The van der Waals surface area contributed by atoms with Crippen molar-refractivity contribution < 1.29 is 0 Å². The van der Waals surface area contributed by atoms with Gasteiger partial charge in [0.25, 0.3) is 0 Å². The zero-order chi connectivity index (χ0) is 6.81. The highest BCUT2D eigenvalue weighted by atomic mass is 32.2. The number of rotatable bonds is 1. The van der Waals surface area contributed by atoms with E-state index in [0.29, 0.717) is 0 Å². The van der Waals surface area contributed by atoms with Crippen LogP contribution in [0.2, 0.25) is 0 Å². The second kappa shape index (κ2) is 3.34. The molecular formula is C6H12N2S2. The normalized spacial score (nSPS) is 30.0. The topological polar surface area (TPSA) is 6.48 Å². The predicted molar refractivity (Wildman–Crippen MR) is 47.8 cm³/mol. The van der Waals surface area contributed by atoms with E-state index < -0.39 is 0 Å². The van der Waals surface area contributed by atoms with Crippen molar-refractivity contribution in [2.45, 2.75) is 6.42 Å². The first-order valence-corrected chi connectivity index (χ1v) is 5.79. The summed E-state index contributed by atoms with van der Waals surface area (Å²) in [6, 6.07) is 0. The van der Waals surface area contributed by atoms with E-state index in [4.69, 9.17) is 0 Å². The maximum Gasteiger partial charge on any atom is 0.0599 e. The molecule has 0 amide bonds. The number of hydrogen-bond acceptors (Lipinski definition) is 4. The second-order valence-corrected chi connectivity index (χ2v) is 4.69. The molecule has 2 saturated heterocycles. The van der Waals surface area contributed by atoms with Gasteiger partial charge in [0.1, 0.15) is 0 Å². The molecule has 0 saturated carbocycles. The van der Waals surface area contributed by atoms with Gasteiger partial charge in [-0.1, -0.05) is 11.9 Å². The fraction of sp³-hybridized carbons (Fsp3) is 1.00. The number of thioether (sulfide) groups is 1. The fourth-order valence-corrected chi connectivity index (χ4v) is 3.29. The summed E-state index contributed by atoms with van der Waals surface area (Å²) in [5.41, 5.74) is 0. The summed E-state index contributed by atoms with van der Waals surface area (Å²) in [6.07, 6.45) is 1.37. The molecule has 2 heterocycles. The van der Waals surface area contributed by atoms with Crippen LogP contribution in [0.3, 0.4) is 0 Å². The lowest BCUT2D eigenvalue weighted by Gasteiger charge is -2.24. The molecule has 2 rings (SSSR count). The first-order valence-electron chi connectivity index (χ1n) is 3.70. The van der Waals surface area contributed by atoms with Gasteiger partial charge in [-0.15, -0.1) is 11.8 Å². The Morgan fingerprint density at radius 2 is 2.10 bits per heavy atom. The number of hydrazine groups is 1. The Morgan fingerprint density at radius 3 is 2.70 bits per heavy atom. The molecule has 0 bridgehead atoms. The molecule has 0 aliphatic carbocycles. The molecule has 0 aromatic rings. The molecule has 2 aliphatic heterocycles. The monoisotopic (exact) mass is 176 g/mol. The summed E-state index contributed by atoms with van der Waals surface area (Å²) in [6.45, 7) is 2.53. The summed E-state index contributed by atoms with van der Waals surface area (Å²) in [4.78, 5) is 0. The molecule has 0 N–H and O–H groups in total. The largest absolute Gasteiger partial charge is 0.221 e. The fourth-order valence-electron chi connectivity index (χ4n) is 1.24. The standard InChI is InChI=1S/C6H12N2S2/c1-2-8(10-4-1)7-3-5-9-6-7/h1-6H2. The van der Waals surface area contributed by atoms with E-state index in [9.17, 15) is 0 Å². The van der Waals surface area contributed by atoms with Crippen molar-refractivity contribution >= 4 is 23.7 Å². The first-order chi connectivity index (χ1) is 4.97. The van der Waals surface area contributed by atoms with Crippen molar-refractivity contribution in [1.82, 2.24) is 9.42 Å². The smallest absolute Gasteiger partial charge is 0.0599 e. The van der Waals surface area contributed by atoms with E-state index >= 15 is 0 Å². The van der Waals surface area contributed by atoms with Crippen LogP contribution < -0.4 is 0 Å². The minimum atomic E-state index is 1.22. The summed E-state index contributed by atoms with van der Waals surface area (Å²) in [5.74, 6) is 3.85. The van der Waals surface area contributed by atoms with Crippen molar-refractivity contribution in [1.29, 1.82) is 0 Å². The van der Waals surface area contributed by atoms with Crippen LogP contribution in [-0.4, -0.2) is 39.9 Å². The van der Waals surface area contributed by atoms with E-state index in [-0.39, 0.29) is 0 Å². The summed E-state index contributed by atoms with van der Waals surface area (Å²) >= 11 is 4.03. The molecule has 58 valence electrons. The predicted octanol–water partition coefficient (Wildman–Crippen LogP) is 1.26. The zero-order valence-corrected chi connectivity index (χ0v) is 7.59. The summed E-state index contributed by atoms with van der Waals surface area (Å²) < 4.78 is 2.43. The lowest BCUT2D eigenvalue weighted by atomic mass is 10.5. The lowest BCUT2D eigenvalue weighted by molar-refractivity contribution is 0.123. The van der Waals surface area contributed by atoms with Crippen LogP contribution in [0, 0.1) is 0 Å². The Hall–Kier alpha value is 0.620. The average Bonchev–Trinajstić information content (AvgIpc) is 2.59. The van der Waals surface area contributed by atoms with Gasteiger partial charge in [-0.05, 0) is 6.42 Å². The van der Waals surface area contributed by atoms with E-state index in [1.54, 1.807) is 0 Å². The van der Waals surface area contributed by atoms with Crippen molar-refractivity contribution in [2.75, 3.05) is 30.5 Å². The van der Waals surface area contributed by atoms with Gasteiger partial charge < -0.3 is 0 Å². The van der Waals surface area contributed by atoms with Crippen LogP contribution >= 0.6 is 23.7 Å². The Balaban J connectivity index is 1.85. The molecule has 4 heteroatoms. The van der Waals surface area contributed by atoms with Crippen molar-refractivity contribution in [3.8, 4) is 0 Å². The van der Waals surface area contributed by atoms with Gasteiger partial charge in [-0.25, -0.2) is 5.01 Å². The molecule has 10 heavy (non-hydrogen) atoms. The summed E-state index contributed by atoms with van der Waals surface area (Å²) in [5, 5.41) is 2.46. The maximum atomic E-state index is 2.46. The molecule has 2 fully saturated rings. The van der Waals surface area contributed by atoms with Crippen LogP contribution in [0.5, 0.6) is 0 Å². The van der Waals surface area contributed by atoms with Gasteiger partial charge in [0.2, 0.25) is 0 Å². The van der Waals surface area contributed by atoms with Crippen molar-refractivity contribution in [3.05, 3.63) is 0 Å². The van der Waals surface area contributed by atoms with Crippen molar-refractivity contribution in [3.63, 3.8) is 0 Å². The highest BCUT2D eigenvalue weighted by molar-refractivity contribution is 7.99. The molecule has 0 spiro atoms. The van der Waals surface area contributed by atoms with E-state index in [1.165, 1.54) is 36.9 Å². The highest BCUT2D eigenvalue weighted by Gasteiger charge is 2.22. The summed E-state index contributed by atoms with van der Waals surface area (Å²) in [7, 11) is 0. The molecule has 0 unspecified atom stereocenters. The van der Waals surface area contributed by atoms with Gasteiger partial charge in [-0.2, -0.15) is 4.41 Å². The third kappa shape index (κ3) is 1.44. The third-order valence-corrected chi connectivity index (χ3v) is 3.92. The first kappa shape index (κ1) is 7.28. The molecular weight excluding hydrogens is 164 g/mol. The highest BCUT2D eigenvalue weighted by Crippen LogP contribution is 2.26. The van der Waals surface area contributed by atoms with Gasteiger partial charge in [0.15, 0.2) is 0 Å². The van der Waals surface area contributed by atoms with E-state index in [2.05, 4.69) is 9.42 Å². The minimum absolute atomic E-state index is 1.22. The Morgan fingerprint density at radius 1 is 1.10 bits per heavy atom. The van der Waals surface area contributed by atoms with Crippen LogP contribution in [0.15, 0.2) is 0 Å². The molecule has 2 aliphatic rings. The molecule has 0 aromatic carbocycles. The van der Waals surface area contributed by atoms with Gasteiger partial charge in [0, 0.05) is 24.6 Å². The number of nitrogens with zero attached hydrogens (tertiary/aromatic N) is 2. The van der Waals surface area contributed by atoms with Gasteiger partial charge in [-0.3, -0.25) is 0 Å². The second-order valence-electron chi connectivity index (χ2n) is 2.53. The number of hydrogen-bond donors (Lipinski definition) is 0. The maximum absolute atomic E-state index is 2.46.